The van der Waals surface area contributed by atoms with Crippen LogP contribution in [0.3, 0.4) is 0 Å². The van der Waals surface area contributed by atoms with Gasteiger partial charge >= 0.3 is 0 Å². The molecule has 1 amide bonds. The van der Waals surface area contributed by atoms with E-state index in [0.717, 1.165) is 19.0 Å². The van der Waals surface area contributed by atoms with Gasteiger partial charge in [-0.2, -0.15) is 0 Å². The number of nitrogens with zero attached hydrogens (tertiary/aromatic N) is 1. The van der Waals surface area contributed by atoms with Crippen molar-refractivity contribution in [2.75, 3.05) is 19.7 Å². The van der Waals surface area contributed by atoms with Crippen molar-refractivity contribution < 1.29 is 9.90 Å². The molecule has 2 unspecified atom stereocenters. The van der Waals surface area contributed by atoms with Gasteiger partial charge in [-0.1, -0.05) is 6.92 Å². The molecule has 1 N–H and O–H groups in total. The highest BCUT2D eigenvalue weighted by atomic mass is 16.3. The standard InChI is InChI=1S/C10H17NO2/c1-7-2-8-4-11(10(13)6-12)5-9(8)3-7/h7-9,12H,2-6H2,1H3. The van der Waals surface area contributed by atoms with E-state index in [-0.39, 0.29) is 12.5 Å². The number of hydrogen-bond donors (Lipinski definition) is 1. The smallest absolute Gasteiger partial charge is 0.248 e. The lowest BCUT2D eigenvalue weighted by atomic mass is 10.0. The Morgan fingerprint density at radius 3 is 2.38 bits per heavy atom. The monoisotopic (exact) mass is 183 g/mol. The maximum atomic E-state index is 11.2. The fraction of sp³-hybridized carbons (Fsp3) is 0.900. The highest BCUT2D eigenvalue weighted by molar-refractivity contribution is 5.77. The summed E-state index contributed by atoms with van der Waals surface area (Å²) in [5, 5.41) is 8.72. The van der Waals surface area contributed by atoms with Crippen LogP contribution < -0.4 is 0 Å². The normalized spacial score (nSPS) is 38.0. The predicted molar refractivity (Wildman–Crippen MR) is 49.0 cm³/mol. The second-order valence-electron chi connectivity index (χ2n) is 4.55. The second kappa shape index (κ2) is 3.29. The summed E-state index contributed by atoms with van der Waals surface area (Å²) in [6, 6.07) is 0. The first-order valence-electron chi connectivity index (χ1n) is 5.09. The van der Waals surface area contributed by atoms with Gasteiger partial charge in [-0.05, 0) is 30.6 Å². The lowest BCUT2D eigenvalue weighted by Crippen LogP contribution is -2.32. The fourth-order valence-electron chi connectivity index (χ4n) is 2.91. The molecule has 1 saturated heterocycles. The van der Waals surface area contributed by atoms with Gasteiger partial charge in [0.2, 0.25) is 5.91 Å². The topological polar surface area (TPSA) is 40.5 Å². The van der Waals surface area contributed by atoms with Crippen molar-refractivity contribution in [1.82, 2.24) is 4.90 Å². The van der Waals surface area contributed by atoms with Crippen LogP contribution in [-0.4, -0.2) is 35.6 Å². The second-order valence-corrected chi connectivity index (χ2v) is 4.55. The van der Waals surface area contributed by atoms with Gasteiger partial charge < -0.3 is 10.0 Å². The number of likely N-dealkylation sites (tertiary alicyclic amines) is 1. The lowest BCUT2D eigenvalue weighted by molar-refractivity contribution is -0.133. The Bertz CT molecular complexity index is 203. The van der Waals surface area contributed by atoms with Crippen LogP contribution in [0.5, 0.6) is 0 Å². The third kappa shape index (κ3) is 1.57. The van der Waals surface area contributed by atoms with E-state index in [1.54, 1.807) is 0 Å². The number of carbonyl (C=O) groups is 1. The van der Waals surface area contributed by atoms with Gasteiger partial charge in [0.25, 0.3) is 0 Å². The molecule has 0 radical (unpaired) electrons. The molecule has 1 saturated carbocycles. The van der Waals surface area contributed by atoms with Crippen LogP contribution in [0, 0.1) is 17.8 Å². The zero-order valence-electron chi connectivity index (χ0n) is 8.07. The van der Waals surface area contributed by atoms with Gasteiger partial charge in [0.1, 0.15) is 6.61 Å². The first-order valence-corrected chi connectivity index (χ1v) is 5.09. The van der Waals surface area contributed by atoms with E-state index in [2.05, 4.69) is 6.92 Å². The first kappa shape index (κ1) is 9.00. The van der Waals surface area contributed by atoms with Crippen LogP contribution in [0.15, 0.2) is 0 Å². The Kier molecular flexibility index (Phi) is 2.28. The third-order valence-electron chi connectivity index (χ3n) is 3.47. The molecular weight excluding hydrogens is 166 g/mol. The molecule has 2 atom stereocenters. The van der Waals surface area contributed by atoms with Crippen LogP contribution in [0.4, 0.5) is 0 Å². The number of aliphatic hydroxyl groups is 1. The van der Waals surface area contributed by atoms with Crippen molar-refractivity contribution in [3.05, 3.63) is 0 Å². The molecule has 2 rings (SSSR count). The van der Waals surface area contributed by atoms with E-state index in [0.29, 0.717) is 11.8 Å². The summed E-state index contributed by atoms with van der Waals surface area (Å²) in [7, 11) is 0. The molecule has 3 heteroatoms. The summed E-state index contributed by atoms with van der Waals surface area (Å²) in [4.78, 5) is 13.0. The molecule has 0 aromatic carbocycles. The summed E-state index contributed by atoms with van der Waals surface area (Å²) >= 11 is 0. The van der Waals surface area contributed by atoms with E-state index in [4.69, 9.17) is 5.11 Å². The Morgan fingerprint density at radius 2 is 1.92 bits per heavy atom. The highest BCUT2D eigenvalue weighted by Gasteiger charge is 2.40. The number of rotatable bonds is 1. The average molecular weight is 183 g/mol. The Labute approximate surface area is 78.7 Å². The number of carbonyl (C=O) groups excluding carboxylic acids is 1. The molecule has 3 nitrogen and oxygen atoms in total. The Balaban J connectivity index is 1.93. The van der Waals surface area contributed by atoms with Crippen molar-refractivity contribution in [2.45, 2.75) is 19.8 Å². The minimum absolute atomic E-state index is 0.0953. The molecule has 2 fully saturated rings. The van der Waals surface area contributed by atoms with Gasteiger partial charge in [0.15, 0.2) is 0 Å². The molecule has 0 aromatic heterocycles. The summed E-state index contributed by atoms with van der Waals surface area (Å²) in [6.07, 6.45) is 2.53. The number of aliphatic hydroxyl groups excluding tert-OH is 1. The zero-order chi connectivity index (χ0) is 9.42. The average Bonchev–Trinajstić information content (AvgIpc) is 2.59. The summed E-state index contributed by atoms with van der Waals surface area (Å²) in [5.74, 6) is 2.17. The van der Waals surface area contributed by atoms with Gasteiger partial charge in [-0.3, -0.25) is 4.79 Å². The van der Waals surface area contributed by atoms with Gasteiger partial charge in [-0.15, -0.1) is 0 Å². The quantitative estimate of drug-likeness (QED) is 0.642. The van der Waals surface area contributed by atoms with E-state index < -0.39 is 0 Å². The van der Waals surface area contributed by atoms with E-state index >= 15 is 0 Å². The third-order valence-corrected chi connectivity index (χ3v) is 3.47. The Morgan fingerprint density at radius 1 is 1.38 bits per heavy atom. The van der Waals surface area contributed by atoms with Crippen molar-refractivity contribution >= 4 is 5.91 Å². The molecule has 0 spiro atoms. The molecule has 2 aliphatic rings. The minimum atomic E-state index is -0.324. The van der Waals surface area contributed by atoms with Gasteiger partial charge in [0.05, 0.1) is 0 Å². The molecule has 0 bridgehead atoms. The fourth-order valence-corrected chi connectivity index (χ4v) is 2.91. The largest absolute Gasteiger partial charge is 0.387 e. The molecule has 1 heterocycles. The SMILES string of the molecule is CC1CC2CN(C(=O)CO)CC2C1. The minimum Gasteiger partial charge on any atom is -0.387 e. The summed E-state index contributed by atoms with van der Waals surface area (Å²) in [5.41, 5.74) is 0. The van der Waals surface area contributed by atoms with Crippen molar-refractivity contribution in [3.63, 3.8) is 0 Å². The zero-order valence-corrected chi connectivity index (χ0v) is 8.07. The molecule has 74 valence electrons. The number of amides is 1. The highest BCUT2D eigenvalue weighted by Crippen LogP contribution is 2.40. The van der Waals surface area contributed by atoms with Crippen LogP contribution in [0.2, 0.25) is 0 Å². The molecule has 0 aromatic rings. The summed E-state index contributed by atoms with van der Waals surface area (Å²) in [6.45, 7) is 3.73. The first-order chi connectivity index (χ1) is 6.20. The molecule has 1 aliphatic carbocycles. The Hall–Kier alpha value is -0.570. The van der Waals surface area contributed by atoms with Crippen LogP contribution in [0.25, 0.3) is 0 Å². The molecular formula is C10H17NO2. The van der Waals surface area contributed by atoms with E-state index in [1.807, 2.05) is 4.90 Å². The molecule has 1 aliphatic heterocycles. The lowest BCUT2D eigenvalue weighted by Gasteiger charge is -2.16. The maximum absolute atomic E-state index is 11.2. The number of hydrogen-bond acceptors (Lipinski definition) is 2. The summed E-state index contributed by atoms with van der Waals surface area (Å²) < 4.78 is 0. The molecule has 13 heavy (non-hydrogen) atoms. The van der Waals surface area contributed by atoms with Crippen LogP contribution in [-0.2, 0) is 4.79 Å². The van der Waals surface area contributed by atoms with Gasteiger partial charge in [0, 0.05) is 13.1 Å². The van der Waals surface area contributed by atoms with Crippen LogP contribution >= 0.6 is 0 Å². The maximum Gasteiger partial charge on any atom is 0.248 e. The van der Waals surface area contributed by atoms with E-state index in [1.165, 1.54) is 12.8 Å². The van der Waals surface area contributed by atoms with Gasteiger partial charge in [-0.25, -0.2) is 0 Å². The predicted octanol–water partition coefficient (Wildman–Crippen LogP) is 0.483. The van der Waals surface area contributed by atoms with Crippen molar-refractivity contribution in [3.8, 4) is 0 Å². The van der Waals surface area contributed by atoms with Crippen LogP contribution in [0.1, 0.15) is 19.8 Å². The van der Waals surface area contributed by atoms with Crippen molar-refractivity contribution in [2.24, 2.45) is 17.8 Å². The van der Waals surface area contributed by atoms with Crippen molar-refractivity contribution in [1.29, 1.82) is 0 Å². The van der Waals surface area contributed by atoms with E-state index in [9.17, 15) is 4.79 Å². The number of fused-ring (bicyclic) bond motifs is 1.